The zero-order valence-corrected chi connectivity index (χ0v) is 24.2. The van der Waals surface area contributed by atoms with Gasteiger partial charge < -0.3 is 29.0 Å². The summed E-state index contributed by atoms with van der Waals surface area (Å²) in [6.45, 7) is 3.49. The normalized spacial score (nSPS) is 11.5. The summed E-state index contributed by atoms with van der Waals surface area (Å²) in [6, 6.07) is 23.1. The van der Waals surface area contributed by atoms with Crippen molar-refractivity contribution in [3.05, 3.63) is 113 Å². The van der Waals surface area contributed by atoms with Crippen LogP contribution >= 0.6 is 0 Å². The summed E-state index contributed by atoms with van der Waals surface area (Å²) in [6.07, 6.45) is -5.11. The number of aromatic nitrogens is 1. The van der Waals surface area contributed by atoms with Crippen molar-refractivity contribution in [3.63, 3.8) is 0 Å². The molecule has 4 aromatic carbocycles. The van der Waals surface area contributed by atoms with E-state index in [2.05, 4.69) is 0 Å². The van der Waals surface area contributed by atoms with E-state index in [0.29, 0.717) is 28.5 Å². The molecule has 0 aliphatic rings. The molecule has 0 aliphatic heterocycles. The minimum absolute atomic E-state index is 0.00199. The minimum Gasteiger partial charge on any atom is -0.491 e. The molecule has 5 rings (SSSR count). The van der Waals surface area contributed by atoms with Crippen molar-refractivity contribution in [2.24, 2.45) is 0 Å². The monoisotopic (exact) mass is 619 g/mol. The molecule has 1 heterocycles. The average molecular weight is 620 g/mol. The molecule has 2 N–H and O–H groups in total. The molecule has 0 amide bonds. The fourth-order valence-electron chi connectivity index (χ4n) is 5.00. The molecule has 0 saturated carbocycles. The van der Waals surface area contributed by atoms with Crippen LogP contribution < -0.4 is 14.2 Å². The third kappa shape index (κ3) is 7.04. The molecule has 0 aliphatic carbocycles. The van der Waals surface area contributed by atoms with Gasteiger partial charge in [0.25, 0.3) is 0 Å². The number of carboxylic acids is 2. The molecule has 45 heavy (non-hydrogen) atoms. The lowest BCUT2D eigenvalue weighted by atomic mass is 10.1. The van der Waals surface area contributed by atoms with Crippen molar-refractivity contribution in [2.75, 3.05) is 0 Å². The van der Waals surface area contributed by atoms with E-state index in [-0.39, 0.29) is 40.7 Å². The largest absolute Gasteiger partial charge is 0.491 e. The highest BCUT2D eigenvalue weighted by Crippen LogP contribution is 2.36. The first-order valence-corrected chi connectivity index (χ1v) is 13.9. The first-order valence-electron chi connectivity index (χ1n) is 13.9. The number of halogens is 3. The van der Waals surface area contributed by atoms with E-state index in [1.165, 1.54) is 41.0 Å². The first kappa shape index (κ1) is 31.0. The van der Waals surface area contributed by atoms with E-state index in [9.17, 15) is 33.0 Å². The van der Waals surface area contributed by atoms with Crippen LogP contribution in [-0.2, 0) is 24.0 Å². The van der Waals surface area contributed by atoms with Crippen LogP contribution in [-0.4, -0.2) is 32.8 Å². The average Bonchev–Trinajstić information content (AvgIpc) is 3.29. The Hall–Kier alpha value is -5.45. The van der Waals surface area contributed by atoms with Gasteiger partial charge in [-0.1, -0.05) is 18.2 Å². The highest BCUT2D eigenvalue weighted by Gasteiger charge is 2.33. The van der Waals surface area contributed by atoms with E-state index < -0.39 is 30.1 Å². The molecular formula is C34H28F3NO7. The number of benzene rings is 4. The molecule has 0 atom stereocenters. The number of nitrogens with zero attached hydrogens (tertiary/aromatic N) is 1. The van der Waals surface area contributed by atoms with Crippen LogP contribution in [0.4, 0.5) is 13.2 Å². The lowest BCUT2D eigenvalue weighted by Crippen LogP contribution is -2.11. The maximum Gasteiger partial charge on any atom is 0.416 e. The van der Waals surface area contributed by atoms with Gasteiger partial charge in [0.2, 0.25) is 0 Å². The fraction of sp³-hybridized carbons (Fsp3) is 0.176. The number of rotatable bonds is 11. The molecule has 0 saturated heterocycles. The van der Waals surface area contributed by atoms with E-state index in [1.807, 2.05) is 13.8 Å². The molecular weight excluding hydrogens is 591 g/mol. The maximum absolute atomic E-state index is 13.4. The number of fused-ring (bicyclic) bond motifs is 1. The lowest BCUT2D eigenvalue weighted by Gasteiger charge is -2.14. The summed E-state index contributed by atoms with van der Waals surface area (Å²) in [7, 11) is 0. The summed E-state index contributed by atoms with van der Waals surface area (Å²) in [5, 5.41) is 20.1. The zero-order chi connectivity index (χ0) is 32.3. The van der Waals surface area contributed by atoms with Crippen LogP contribution in [0, 0.1) is 0 Å². The van der Waals surface area contributed by atoms with E-state index in [1.54, 1.807) is 48.5 Å². The molecule has 5 aromatic rings. The Labute approximate surface area is 255 Å². The van der Waals surface area contributed by atoms with Crippen LogP contribution in [0.15, 0.2) is 91.0 Å². The van der Waals surface area contributed by atoms with Gasteiger partial charge in [-0.3, -0.25) is 4.79 Å². The highest BCUT2D eigenvalue weighted by atomic mass is 19.4. The van der Waals surface area contributed by atoms with Crippen molar-refractivity contribution in [2.45, 2.75) is 39.2 Å². The van der Waals surface area contributed by atoms with Crippen LogP contribution in [0.1, 0.15) is 41.0 Å². The van der Waals surface area contributed by atoms with Gasteiger partial charge in [0.05, 0.1) is 29.2 Å². The van der Waals surface area contributed by atoms with Crippen LogP contribution in [0.3, 0.4) is 0 Å². The fourth-order valence-corrected chi connectivity index (χ4v) is 5.00. The third-order valence-corrected chi connectivity index (χ3v) is 6.81. The molecule has 11 heteroatoms. The predicted octanol–water partition coefficient (Wildman–Crippen LogP) is 8.13. The Morgan fingerprint density at radius 1 is 0.822 bits per heavy atom. The standard InChI is InChI=1S/C34H28F3NO7/c1-20(2)44-24-11-13-25(14-12-24)45-26-15-16-29-27(17-26)32(33(41)42)30(18-31(39)40)38(29)22-7-9-23(10-8-22)43-19-21-5-3-4-6-28(21)34(35,36)37/h3-17,20H,18-19H2,1-2H3,(H,39,40)(H,41,42). The smallest absolute Gasteiger partial charge is 0.416 e. The van der Waals surface area contributed by atoms with Gasteiger partial charge in [-0.05, 0) is 86.6 Å². The quantitative estimate of drug-likeness (QED) is 0.154. The van der Waals surface area contributed by atoms with Crippen LogP contribution in [0.2, 0.25) is 0 Å². The van der Waals surface area contributed by atoms with Crippen molar-refractivity contribution in [1.82, 2.24) is 4.57 Å². The number of carbonyl (C=O) groups is 2. The summed E-state index contributed by atoms with van der Waals surface area (Å²) in [5.41, 5.74) is -0.128. The Morgan fingerprint density at radius 2 is 1.44 bits per heavy atom. The lowest BCUT2D eigenvalue weighted by molar-refractivity contribution is -0.138. The van der Waals surface area contributed by atoms with Gasteiger partial charge in [0, 0.05) is 22.3 Å². The summed E-state index contributed by atoms with van der Waals surface area (Å²) < 4.78 is 58.8. The van der Waals surface area contributed by atoms with Gasteiger partial charge in [-0.25, -0.2) is 4.79 Å². The molecule has 8 nitrogen and oxygen atoms in total. The molecule has 0 unspecified atom stereocenters. The number of carboxylic acid groups (broad SMARTS) is 2. The van der Waals surface area contributed by atoms with Crippen molar-refractivity contribution >= 4 is 22.8 Å². The summed E-state index contributed by atoms with van der Waals surface area (Å²) in [5.74, 6) is -0.786. The first-order chi connectivity index (χ1) is 21.4. The Balaban J connectivity index is 1.48. The number of alkyl halides is 3. The molecule has 232 valence electrons. The topological polar surface area (TPSA) is 107 Å². The van der Waals surface area contributed by atoms with Crippen LogP contribution in [0.25, 0.3) is 16.6 Å². The van der Waals surface area contributed by atoms with Crippen LogP contribution in [0.5, 0.6) is 23.0 Å². The number of hydrogen-bond donors (Lipinski definition) is 2. The summed E-state index contributed by atoms with van der Waals surface area (Å²) >= 11 is 0. The minimum atomic E-state index is -4.53. The molecule has 0 spiro atoms. The van der Waals surface area contributed by atoms with E-state index >= 15 is 0 Å². The number of aliphatic carboxylic acids is 1. The predicted molar refractivity (Wildman–Crippen MR) is 160 cm³/mol. The number of ether oxygens (including phenoxy) is 3. The maximum atomic E-state index is 13.4. The van der Waals surface area contributed by atoms with Gasteiger partial charge in [0.15, 0.2) is 0 Å². The Kier molecular flexibility index (Phi) is 8.71. The SMILES string of the molecule is CC(C)Oc1ccc(Oc2ccc3c(c2)c(C(=O)O)c(CC(=O)O)n3-c2ccc(OCc3ccccc3C(F)(F)F)cc2)cc1. The second kappa shape index (κ2) is 12.7. The molecule has 0 fully saturated rings. The summed E-state index contributed by atoms with van der Waals surface area (Å²) in [4.78, 5) is 24.3. The number of aromatic carboxylic acids is 1. The number of hydrogen-bond acceptors (Lipinski definition) is 5. The highest BCUT2D eigenvalue weighted by molar-refractivity contribution is 6.07. The molecule has 0 radical (unpaired) electrons. The Bertz CT molecular complexity index is 1840. The second-order valence-electron chi connectivity index (χ2n) is 10.4. The van der Waals surface area contributed by atoms with Crippen molar-refractivity contribution in [1.29, 1.82) is 0 Å². The van der Waals surface area contributed by atoms with Gasteiger partial charge in [-0.15, -0.1) is 0 Å². The second-order valence-corrected chi connectivity index (χ2v) is 10.4. The van der Waals surface area contributed by atoms with Gasteiger partial charge in [0.1, 0.15) is 29.6 Å². The van der Waals surface area contributed by atoms with Crippen molar-refractivity contribution < 1.29 is 47.2 Å². The molecule has 1 aromatic heterocycles. The van der Waals surface area contributed by atoms with Gasteiger partial charge in [-0.2, -0.15) is 13.2 Å². The van der Waals surface area contributed by atoms with Crippen molar-refractivity contribution in [3.8, 4) is 28.7 Å². The zero-order valence-electron chi connectivity index (χ0n) is 24.2. The Morgan fingerprint density at radius 3 is 2.07 bits per heavy atom. The van der Waals surface area contributed by atoms with E-state index in [0.717, 1.165) is 6.07 Å². The third-order valence-electron chi connectivity index (χ3n) is 6.81. The van der Waals surface area contributed by atoms with E-state index in [4.69, 9.17) is 14.2 Å². The molecule has 0 bridgehead atoms. The van der Waals surface area contributed by atoms with Gasteiger partial charge >= 0.3 is 18.1 Å².